The number of hydrogen-bond donors (Lipinski definition) is 1. The molecule has 2 aromatic heterocycles. The van der Waals surface area contributed by atoms with Crippen LogP contribution in [0.3, 0.4) is 0 Å². The maximum Gasteiger partial charge on any atom is 0.313 e. The van der Waals surface area contributed by atoms with Crippen LogP contribution in [0.15, 0.2) is 23.6 Å². The first-order valence-electron chi connectivity index (χ1n) is 6.00. The van der Waals surface area contributed by atoms with Gasteiger partial charge in [-0.2, -0.15) is 5.10 Å². The highest BCUT2D eigenvalue weighted by Gasteiger charge is 2.29. The number of hydrogen-bond acceptors (Lipinski definition) is 5. The van der Waals surface area contributed by atoms with E-state index < -0.39 is 5.97 Å². The number of nitrogens with zero attached hydrogens (tertiary/aromatic N) is 5. The van der Waals surface area contributed by atoms with E-state index >= 15 is 0 Å². The van der Waals surface area contributed by atoms with E-state index in [1.54, 1.807) is 10.9 Å². The fraction of sp³-hybridized carbons (Fsp3) is 0.455. The molecule has 100 valence electrons. The molecule has 1 aliphatic rings. The molecular weight excluding hydrogens is 266 g/mol. The van der Waals surface area contributed by atoms with Crippen LogP contribution < -0.4 is 0 Å². The first-order chi connectivity index (χ1) is 9.24. The van der Waals surface area contributed by atoms with Gasteiger partial charge in [-0.25, -0.2) is 0 Å². The van der Waals surface area contributed by atoms with Gasteiger partial charge in [-0.15, -0.1) is 10.2 Å². The highest BCUT2D eigenvalue weighted by molar-refractivity contribution is 7.99. The molecular formula is C11H13N5O2S. The fourth-order valence-electron chi connectivity index (χ4n) is 1.88. The van der Waals surface area contributed by atoms with Gasteiger partial charge in [-0.3, -0.25) is 9.48 Å². The molecule has 0 saturated heterocycles. The van der Waals surface area contributed by atoms with Crippen LogP contribution in [0, 0.1) is 0 Å². The van der Waals surface area contributed by atoms with Crippen molar-refractivity contribution in [3.05, 3.63) is 24.3 Å². The smallest absolute Gasteiger partial charge is 0.313 e. The minimum Gasteiger partial charge on any atom is -0.481 e. The number of aliphatic carboxylic acids is 1. The Labute approximate surface area is 113 Å². The van der Waals surface area contributed by atoms with Crippen molar-refractivity contribution in [2.45, 2.75) is 30.6 Å². The Morgan fingerprint density at radius 3 is 2.95 bits per heavy atom. The van der Waals surface area contributed by atoms with E-state index in [0.717, 1.165) is 18.7 Å². The lowest BCUT2D eigenvalue weighted by Gasteiger charge is -2.08. The Morgan fingerprint density at radius 1 is 1.47 bits per heavy atom. The zero-order chi connectivity index (χ0) is 13.2. The average molecular weight is 279 g/mol. The van der Waals surface area contributed by atoms with E-state index in [2.05, 4.69) is 19.9 Å². The highest BCUT2D eigenvalue weighted by Crippen LogP contribution is 2.38. The normalized spacial score (nSPS) is 14.7. The molecule has 8 heteroatoms. The average Bonchev–Trinajstić information content (AvgIpc) is 2.94. The zero-order valence-corrected chi connectivity index (χ0v) is 11.0. The summed E-state index contributed by atoms with van der Waals surface area (Å²) in [6.07, 6.45) is 5.80. The summed E-state index contributed by atoms with van der Waals surface area (Å²) in [7, 11) is 0. The number of carbonyl (C=O) groups is 1. The van der Waals surface area contributed by atoms with Gasteiger partial charge in [-0.1, -0.05) is 11.8 Å². The summed E-state index contributed by atoms with van der Waals surface area (Å²) in [5.41, 5.74) is 0. The minimum absolute atomic E-state index is 0.00657. The fourth-order valence-corrected chi connectivity index (χ4v) is 2.62. The molecule has 2 heterocycles. The van der Waals surface area contributed by atoms with Crippen molar-refractivity contribution < 1.29 is 9.90 Å². The maximum atomic E-state index is 10.6. The van der Waals surface area contributed by atoms with Crippen molar-refractivity contribution in [1.29, 1.82) is 0 Å². The second-order valence-corrected chi connectivity index (χ2v) is 5.33. The van der Waals surface area contributed by atoms with E-state index in [9.17, 15) is 4.79 Å². The van der Waals surface area contributed by atoms with Crippen molar-refractivity contribution in [3.63, 3.8) is 0 Å². The van der Waals surface area contributed by atoms with E-state index in [-0.39, 0.29) is 5.75 Å². The third kappa shape index (κ3) is 2.78. The van der Waals surface area contributed by atoms with Crippen LogP contribution in [0.1, 0.15) is 24.7 Å². The van der Waals surface area contributed by atoms with E-state index in [1.165, 1.54) is 11.8 Å². The molecule has 0 spiro atoms. The standard InChI is InChI=1S/C11H13N5O2S/c17-10(18)7-19-11-14-13-9(16(11)8-2-3-8)6-15-5-1-4-12-15/h1,4-5,8H,2-3,6-7H2,(H,17,18). The Morgan fingerprint density at radius 2 is 2.32 bits per heavy atom. The van der Waals surface area contributed by atoms with Gasteiger partial charge in [0.1, 0.15) is 6.54 Å². The molecule has 1 fully saturated rings. The molecule has 7 nitrogen and oxygen atoms in total. The van der Waals surface area contributed by atoms with Crippen molar-refractivity contribution in [2.75, 3.05) is 5.75 Å². The van der Waals surface area contributed by atoms with Gasteiger partial charge < -0.3 is 9.67 Å². The number of aromatic nitrogens is 5. The van der Waals surface area contributed by atoms with Gasteiger partial charge in [-0.05, 0) is 18.9 Å². The van der Waals surface area contributed by atoms with Crippen LogP contribution in [-0.4, -0.2) is 41.4 Å². The lowest BCUT2D eigenvalue weighted by Crippen LogP contribution is -2.09. The second kappa shape index (κ2) is 5.04. The van der Waals surface area contributed by atoms with Crippen LogP contribution in [0.5, 0.6) is 0 Å². The van der Waals surface area contributed by atoms with E-state index in [4.69, 9.17) is 5.11 Å². The van der Waals surface area contributed by atoms with Gasteiger partial charge in [0.05, 0.1) is 5.75 Å². The summed E-state index contributed by atoms with van der Waals surface area (Å²) in [4.78, 5) is 10.6. The van der Waals surface area contributed by atoms with Crippen LogP contribution in [0.2, 0.25) is 0 Å². The lowest BCUT2D eigenvalue weighted by atomic mass is 10.5. The van der Waals surface area contributed by atoms with Crippen LogP contribution in [0.4, 0.5) is 0 Å². The third-order valence-corrected chi connectivity index (χ3v) is 3.76. The molecule has 0 aromatic carbocycles. The zero-order valence-electron chi connectivity index (χ0n) is 10.1. The van der Waals surface area contributed by atoms with Gasteiger partial charge in [0.15, 0.2) is 11.0 Å². The minimum atomic E-state index is -0.844. The monoisotopic (exact) mass is 279 g/mol. The number of thioether (sulfide) groups is 1. The van der Waals surface area contributed by atoms with Crippen LogP contribution >= 0.6 is 11.8 Å². The summed E-state index contributed by atoms with van der Waals surface area (Å²) < 4.78 is 3.84. The van der Waals surface area contributed by atoms with Gasteiger partial charge in [0, 0.05) is 18.4 Å². The van der Waals surface area contributed by atoms with Crippen molar-refractivity contribution >= 4 is 17.7 Å². The van der Waals surface area contributed by atoms with E-state index in [0.29, 0.717) is 17.7 Å². The molecule has 0 atom stereocenters. The van der Waals surface area contributed by atoms with Crippen molar-refractivity contribution in [2.24, 2.45) is 0 Å². The van der Waals surface area contributed by atoms with Gasteiger partial charge in [0.25, 0.3) is 0 Å². The lowest BCUT2D eigenvalue weighted by molar-refractivity contribution is -0.133. The maximum absolute atomic E-state index is 10.6. The van der Waals surface area contributed by atoms with Crippen molar-refractivity contribution in [1.82, 2.24) is 24.5 Å². The molecule has 0 bridgehead atoms. The summed E-state index contributed by atoms with van der Waals surface area (Å²) in [6, 6.07) is 2.27. The quantitative estimate of drug-likeness (QED) is 0.795. The molecule has 1 saturated carbocycles. The Bertz CT molecular complexity index is 576. The molecule has 19 heavy (non-hydrogen) atoms. The summed E-state index contributed by atoms with van der Waals surface area (Å²) in [5, 5.41) is 21.8. The number of rotatable bonds is 6. The molecule has 0 unspecified atom stereocenters. The molecule has 0 radical (unpaired) electrons. The summed E-state index contributed by atoms with van der Waals surface area (Å²) in [6.45, 7) is 0.560. The molecule has 1 N–H and O–H groups in total. The second-order valence-electron chi connectivity index (χ2n) is 4.39. The summed E-state index contributed by atoms with van der Waals surface area (Å²) in [5.74, 6) is -0.00448. The predicted octanol–water partition coefficient (Wildman–Crippen LogP) is 1.03. The number of carboxylic acid groups (broad SMARTS) is 1. The molecule has 0 aliphatic heterocycles. The summed E-state index contributed by atoms with van der Waals surface area (Å²) >= 11 is 1.22. The highest BCUT2D eigenvalue weighted by atomic mass is 32.2. The molecule has 2 aromatic rings. The van der Waals surface area contributed by atoms with Gasteiger partial charge in [0.2, 0.25) is 0 Å². The Kier molecular flexibility index (Phi) is 3.24. The molecule has 0 amide bonds. The molecule has 1 aliphatic carbocycles. The van der Waals surface area contributed by atoms with Crippen LogP contribution in [0.25, 0.3) is 0 Å². The Hall–Kier alpha value is -1.83. The van der Waals surface area contributed by atoms with Gasteiger partial charge >= 0.3 is 5.97 Å². The largest absolute Gasteiger partial charge is 0.481 e. The first-order valence-corrected chi connectivity index (χ1v) is 6.98. The SMILES string of the molecule is O=C(O)CSc1nnc(Cn2cccn2)n1C1CC1. The molecule has 3 rings (SSSR count). The Balaban J connectivity index is 1.81. The predicted molar refractivity (Wildman–Crippen MR) is 68.0 cm³/mol. The number of carboxylic acids is 1. The van der Waals surface area contributed by atoms with E-state index in [1.807, 2.05) is 12.3 Å². The first kappa shape index (κ1) is 12.2. The topological polar surface area (TPSA) is 85.8 Å². The third-order valence-electron chi connectivity index (χ3n) is 2.83. The van der Waals surface area contributed by atoms with Crippen molar-refractivity contribution in [3.8, 4) is 0 Å². The van der Waals surface area contributed by atoms with Crippen LogP contribution in [-0.2, 0) is 11.3 Å².